The summed E-state index contributed by atoms with van der Waals surface area (Å²) in [4.78, 5) is 0. The van der Waals surface area contributed by atoms with E-state index in [4.69, 9.17) is 15.3 Å². The minimum absolute atomic E-state index is 0.272. The van der Waals surface area contributed by atoms with Crippen molar-refractivity contribution < 1.29 is 9.47 Å². The highest BCUT2D eigenvalue weighted by Gasteiger charge is 2.31. The quantitative estimate of drug-likeness (QED) is 0.489. The van der Waals surface area contributed by atoms with Gasteiger partial charge in [0.05, 0.1) is 18.8 Å². The summed E-state index contributed by atoms with van der Waals surface area (Å²) in [5, 5.41) is 0. The predicted octanol–water partition coefficient (Wildman–Crippen LogP) is 1.45. The molecule has 0 aliphatic heterocycles. The summed E-state index contributed by atoms with van der Waals surface area (Å²) in [6.07, 6.45) is 4.20. The SMILES string of the molecule is CCOC1CC(CC(COC(C)C)NN)C1. The molecule has 16 heavy (non-hydrogen) atoms. The van der Waals surface area contributed by atoms with Gasteiger partial charge in [-0.1, -0.05) is 0 Å². The van der Waals surface area contributed by atoms with Crippen LogP contribution in [0.3, 0.4) is 0 Å². The molecule has 0 radical (unpaired) electrons. The fourth-order valence-electron chi connectivity index (χ4n) is 2.13. The van der Waals surface area contributed by atoms with Crippen LogP contribution in [-0.4, -0.2) is 31.5 Å². The van der Waals surface area contributed by atoms with Crippen molar-refractivity contribution in [3.63, 3.8) is 0 Å². The van der Waals surface area contributed by atoms with Crippen LogP contribution in [-0.2, 0) is 9.47 Å². The normalized spacial score (nSPS) is 26.8. The molecule has 4 nitrogen and oxygen atoms in total. The smallest absolute Gasteiger partial charge is 0.0636 e. The van der Waals surface area contributed by atoms with E-state index >= 15 is 0 Å². The lowest BCUT2D eigenvalue weighted by Crippen LogP contribution is -2.43. The van der Waals surface area contributed by atoms with E-state index < -0.39 is 0 Å². The highest BCUT2D eigenvalue weighted by atomic mass is 16.5. The Morgan fingerprint density at radius 1 is 1.38 bits per heavy atom. The molecule has 4 heteroatoms. The molecule has 3 N–H and O–H groups in total. The highest BCUT2D eigenvalue weighted by molar-refractivity contribution is 4.83. The lowest BCUT2D eigenvalue weighted by atomic mass is 9.78. The Bertz CT molecular complexity index is 182. The monoisotopic (exact) mass is 230 g/mol. The van der Waals surface area contributed by atoms with Crippen molar-refractivity contribution in [3.8, 4) is 0 Å². The van der Waals surface area contributed by atoms with Crippen molar-refractivity contribution in [3.05, 3.63) is 0 Å². The lowest BCUT2D eigenvalue weighted by molar-refractivity contribution is -0.0338. The summed E-state index contributed by atoms with van der Waals surface area (Å²) in [6.45, 7) is 7.66. The van der Waals surface area contributed by atoms with E-state index in [2.05, 4.69) is 5.43 Å². The average Bonchev–Trinajstić information content (AvgIpc) is 2.19. The van der Waals surface area contributed by atoms with Crippen molar-refractivity contribution >= 4 is 0 Å². The molecule has 0 aromatic heterocycles. The van der Waals surface area contributed by atoms with Crippen LogP contribution < -0.4 is 11.3 Å². The van der Waals surface area contributed by atoms with Crippen LogP contribution in [0, 0.1) is 5.92 Å². The van der Waals surface area contributed by atoms with Gasteiger partial charge >= 0.3 is 0 Å². The first-order chi connectivity index (χ1) is 7.65. The van der Waals surface area contributed by atoms with Crippen molar-refractivity contribution in [2.24, 2.45) is 11.8 Å². The maximum Gasteiger partial charge on any atom is 0.0636 e. The first-order valence-corrected chi connectivity index (χ1v) is 6.35. The molecule has 0 bridgehead atoms. The van der Waals surface area contributed by atoms with E-state index in [0.717, 1.165) is 18.9 Å². The van der Waals surface area contributed by atoms with E-state index in [9.17, 15) is 0 Å². The Labute approximate surface area is 98.8 Å². The molecule has 96 valence electrons. The van der Waals surface area contributed by atoms with Gasteiger partial charge in [-0.05, 0) is 46.0 Å². The molecule has 0 saturated heterocycles. The Morgan fingerprint density at radius 3 is 2.56 bits per heavy atom. The number of nitrogens with two attached hydrogens (primary N) is 1. The third-order valence-electron chi connectivity index (χ3n) is 3.08. The molecular weight excluding hydrogens is 204 g/mol. The van der Waals surface area contributed by atoms with E-state index in [-0.39, 0.29) is 12.1 Å². The fraction of sp³-hybridized carbons (Fsp3) is 1.00. The third kappa shape index (κ3) is 4.78. The topological polar surface area (TPSA) is 56.5 Å². The van der Waals surface area contributed by atoms with Crippen molar-refractivity contribution in [2.45, 2.75) is 58.3 Å². The van der Waals surface area contributed by atoms with E-state index in [1.807, 2.05) is 20.8 Å². The zero-order valence-corrected chi connectivity index (χ0v) is 10.7. The molecule has 1 fully saturated rings. The second-order valence-corrected chi connectivity index (χ2v) is 4.90. The third-order valence-corrected chi connectivity index (χ3v) is 3.08. The van der Waals surface area contributed by atoms with E-state index in [1.165, 1.54) is 12.8 Å². The van der Waals surface area contributed by atoms with Gasteiger partial charge < -0.3 is 9.47 Å². The Morgan fingerprint density at radius 2 is 2.06 bits per heavy atom. The number of hydrazine groups is 1. The number of nitrogens with one attached hydrogen (secondary N) is 1. The number of hydrogen-bond acceptors (Lipinski definition) is 4. The van der Waals surface area contributed by atoms with Gasteiger partial charge in [-0.15, -0.1) is 0 Å². The van der Waals surface area contributed by atoms with E-state index in [0.29, 0.717) is 12.7 Å². The minimum Gasteiger partial charge on any atom is -0.378 e. The first-order valence-electron chi connectivity index (χ1n) is 6.35. The molecule has 0 aromatic rings. The molecule has 1 saturated carbocycles. The van der Waals surface area contributed by atoms with Crippen LogP contribution in [0.1, 0.15) is 40.0 Å². The van der Waals surface area contributed by atoms with Gasteiger partial charge in [0.1, 0.15) is 0 Å². The second-order valence-electron chi connectivity index (χ2n) is 4.90. The molecule has 0 amide bonds. The summed E-state index contributed by atoms with van der Waals surface area (Å²) >= 11 is 0. The van der Waals surface area contributed by atoms with Gasteiger partial charge in [-0.3, -0.25) is 11.3 Å². The number of hydrogen-bond donors (Lipinski definition) is 2. The Balaban J connectivity index is 2.10. The molecular formula is C12H26N2O2. The van der Waals surface area contributed by atoms with Crippen molar-refractivity contribution in [1.29, 1.82) is 0 Å². The van der Waals surface area contributed by atoms with Crippen LogP contribution in [0.15, 0.2) is 0 Å². The lowest BCUT2D eigenvalue weighted by Gasteiger charge is -2.36. The maximum atomic E-state index is 5.56. The van der Waals surface area contributed by atoms with Crippen LogP contribution in [0.4, 0.5) is 0 Å². The molecule has 1 unspecified atom stereocenters. The summed E-state index contributed by atoms with van der Waals surface area (Å²) < 4.78 is 11.1. The molecule has 1 aliphatic rings. The summed E-state index contributed by atoms with van der Waals surface area (Å²) in [7, 11) is 0. The average molecular weight is 230 g/mol. The summed E-state index contributed by atoms with van der Waals surface area (Å²) in [5.74, 6) is 6.26. The van der Waals surface area contributed by atoms with Crippen molar-refractivity contribution in [1.82, 2.24) is 5.43 Å². The minimum atomic E-state index is 0.272. The standard InChI is InChI=1S/C12H26N2O2/c1-4-15-12-6-10(7-12)5-11(14-13)8-16-9(2)3/h9-12,14H,4-8,13H2,1-3H3. The fourth-order valence-corrected chi connectivity index (χ4v) is 2.13. The van der Waals surface area contributed by atoms with Crippen molar-refractivity contribution in [2.75, 3.05) is 13.2 Å². The number of ether oxygens (including phenoxy) is 2. The van der Waals surface area contributed by atoms with Gasteiger partial charge in [-0.25, -0.2) is 0 Å². The Kier molecular flexibility index (Phi) is 6.28. The van der Waals surface area contributed by atoms with Gasteiger partial charge in [0.25, 0.3) is 0 Å². The first kappa shape index (κ1) is 13.9. The Hall–Kier alpha value is -0.160. The molecule has 1 atom stereocenters. The second kappa shape index (κ2) is 7.22. The van der Waals surface area contributed by atoms with Gasteiger partial charge in [-0.2, -0.15) is 0 Å². The predicted molar refractivity (Wildman–Crippen MR) is 65.0 cm³/mol. The largest absolute Gasteiger partial charge is 0.378 e. The van der Waals surface area contributed by atoms with E-state index in [1.54, 1.807) is 0 Å². The van der Waals surface area contributed by atoms with Gasteiger partial charge in [0.15, 0.2) is 0 Å². The number of rotatable bonds is 8. The zero-order chi connectivity index (χ0) is 12.0. The summed E-state index contributed by atoms with van der Waals surface area (Å²) in [6, 6.07) is 0.273. The maximum absolute atomic E-state index is 5.56. The molecule has 1 rings (SSSR count). The molecule has 1 aliphatic carbocycles. The van der Waals surface area contributed by atoms with Crippen LogP contribution in [0.2, 0.25) is 0 Å². The summed E-state index contributed by atoms with van der Waals surface area (Å²) in [5.41, 5.74) is 2.84. The van der Waals surface area contributed by atoms with Crippen LogP contribution in [0.25, 0.3) is 0 Å². The molecule has 0 spiro atoms. The van der Waals surface area contributed by atoms with Gasteiger partial charge in [0.2, 0.25) is 0 Å². The molecule has 0 aromatic carbocycles. The zero-order valence-electron chi connectivity index (χ0n) is 10.7. The van der Waals surface area contributed by atoms with Crippen LogP contribution in [0.5, 0.6) is 0 Å². The van der Waals surface area contributed by atoms with Crippen LogP contribution >= 0.6 is 0 Å². The highest BCUT2D eigenvalue weighted by Crippen LogP contribution is 2.33. The molecule has 0 heterocycles. The van der Waals surface area contributed by atoms with Gasteiger partial charge in [0, 0.05) is 12.6 Å².